The van der Waals surface area contributed by atoms with E-state index in [1.807, 2.05) is 0 Å². The van der Waals surface area contributed by atoms with Crippen LogP contribution in [0.15, 0.2) is 59.8 Å². The molecule has 0 amide bonds. The summed E-state index contributed by atoms with van der Waals surface area (Å²) in [4.78, 5) is 7.40. The van der Waals surface area contributed by atoms with Gasteiger partial charge in [-0.1, -0.05) is 0 Å². The first kappa shape index (κ1) is 18.9. The second-order valence-corrected chi connectivity index (χ2v) is 7.26. The average Bonchev–Trinajstić information content (AvgIpc) is 2.68. The first-order valence-electron chi connectivity index (χ1n) is 7.79. The number of hydrogen-bond donors (Lipinski definition) is 1. The number of nitrogens with one attached hydrogen (secondary N) is 1. The van der Waals surface area contributed by atoms with Crippen LogP contribution in [0.3, 0.4) is 0 Å². The van der Waals surface area contributed by atoms with Crippen LogP contribution in [0.25, 0.3) is 11.3 Å². The number of rotatable bonds is 6. The Morgan fingerprint density at radius 1 is 1.04 bits per heavy atom. The Kier molecular flexibility index (Phi) is 5.43. The predicted molar refractivity (Wildman–Crippen MR) is 94.4 cm³/mol. The molecule has 0 atom stereocenters. The Hall–Kier alpha value is -2.91. The second-order valence-electron chi connectivity index (χ2n) is 5.52. The largest absolute Gasteiger partial charge is 0.497 e. The highest BCUT2D eigenvalue weighted by molar-refractivity contribution is 7.89. The van der Waals surface area contributed by atoms with E-state index in [0.717, 1.165) is 17.7 Å². The molecule has 0 saturated carbocycles. The van der Waals surface area contributed by atoms with Crippen LogP contribution in [-0.2, 0) is 16.6 Å². The van der Waals surface area contributed by atoms with E-state index in [4.69, 9.17) is 4.74 Å². The van der Waals surface area contributed by atoms with Crippen molar-refractivity contribution in [2.24, 2.45) is 0 Å². The average molecular weight is 391 g/mol. The van der Waals surface area contributed by atoms with E-state index in [-0.39, 0.29) is 6.54 Å². The summed E-state index contributed by atoms with van der Waals surface area (Å²) in [7, 11) is -2.68. The van der Waals surface area contributed by atoms with E-state index in [2.05, 4.69) is 14.7 Å². The molecule has 0 spiro atoms. The fourth-order valence-corrected chi connectivity index (χ4v) is 3.43. The van der Waals surface area contributed by atoms with Gasteiger partial charge in [-0.15, -0.1) is 0 Å². The number of methoxy groups -OCH3 is 1. The highest BCUT2D eigenvalue weighted by Gasteiger charge is 2.20. The van der Waals surface area contributed by atoms with Crippen molar-refractivity contribution < 1.29 is 21.9 Å². The molecular formula is C18H15F2N3O3S. The lowest BCUT2D eigenvalue weighted by atomic mass is 10.1. The maximum Gasteiger partial charge on any atom is 0.243 e. The zero-order valence-corrected chi connectivity index (χ0v) is 15.0. The molecule has 1 aromatic heterocycles. The van der Waals surface area contributed by atoms with Gasteiger partial charge in [0.05, 0.1) is 25.0 Å². The molecule has 0 aliphatic rings. The van der Waals surface area contributed by atoms with Crippen LogP contribution in [-0.4, -0.2) is 25.5 Å². The fraction of sp³-hybridized carbons (Fsp3) is 0.111. The van der Waals surface area contributed by atoms with Gasteiger partial charge in [0.1, 0.15) is 28.6 Å². The maximum atomic E-state index is 13.7. The third-order valence-electron chi connectivity index (χ3n) is 3.74. The number of sulfonamides is 1. The van der Waals surface area contributed by atoms with Crippen LogP contribution in [0.5, 0.6) is 5.75 Å². The SMILES string of the molecule is COc1ccc(-c2cc(CNS(=O)(=O)c3cc(F)ccc3F)ncn2)cc1. The minimum atomic E-state index is -4.24. The van der Waals surface area contributed by atoms with Crippen LogP contribution in [0.1, 0.15) is 5.69 Å². The Morgan fingerprint density at radius 2 is 1.78 bits per heavy atom. The van der Waals surface area contributed by atoms with E-state index in [9.17, 15) is 17.2 Å². The standard InChI is InChI=1S/C18H15F2N3O3S/c1-26-15-5-2-12(3-6-15)17-9-14(21-11-22-17)10-23-27(24,25)18-8-13(19)4-7-16(18)20/h2-9,11,23H,10H2,1H3. The highest BCUT2D eigenvalue weighted by Crippen LogP contribution is 2.21. The van der Waals surface area contributed by atoms with Gasteiger partial charge in [-0.2, -0.15) is 0 Å². The first-order chi connectivity index (χ1) is 12.9. The van der Waals surface area contributed by atoms with E-state index in [0.29, 0.717) is 23.2 Å². The zero-order chi connectivity index (χ0) is 19.4. The number of nitrogens with zero attached hydrogens (tertiary/aromatic N) is 2. The van der Waals surface area contributed by atoms with Crippen LogP contribution in [0, 0.1) is 11.6 Å². The summed E-state index contributed by atoms with van der Waals surface area (Å²) in [5.74, 6) is -1.19. The van der Waals surface area contributed by atoms with Crippen LogP contribution >= 0.6 is 0 Å². The Labute approximate surface area is 154 Å². The predicted octanol–water partition coefficient (Wildman–Crippen LogP) is 2.91. The number of ether oxygens (including phenoxy) is 1. The smallest absolute Gasteiger partial charge is 0.243 e. The molecule has 0 fully saturated rings. The first-order valence-corrected chi connectivity index (χ1v) is 9.27. The molecule has 6 nitrogen and oxygen atoms in total. The van der Waals surface area contributed by atoms with Crippen LogP contribution in [0.4, 0.5) is 8.78 Å². The molecular weight excluding hydrogens is 376 g/mol. The molecule has 0 saturated heterocycles. The van der Waals surface area contributed by atoms with Crippen LogP contribution in [0.2, 0.25) is 0 Å². The lowest BCUT2D eigenvalue weighted by Gasteiger charge is -2.08. The normalized spacial score (nSPS) is 11.4. The van der Waals surface area contributed by atoms with Gasteiger partial charge in [-0.3, -0.25) is 0 Å². The van der Waals surface area contributed by atoms with Crippen molar-refractivity contribution in [3.8, 4) is 17.0 Å². The van der Waals surface area contributed by atoms with Gasteiger partial charge < -0.3 is 4.74 Å². The van der Waals surface area contributed by atoms with E-state index in [1.165, 1.54) is 6.33 Å². The minimum Gasteiger partial charge on any atom is -0.497 e. The summed E-state index contributed by atoms with van der Waals surface area (Å²) in [6, 6.07) is 11.0. The molecule has 9 heteroatoms. The van der Waals surface area contributed by atoms with Crippen LogP contribution < -0.4 is 9.46 Å². The molecule has 140 valence electrons. The van der Waals surface area contributed by atoms with Gasteiger partial charge in [0.15, 0.2) is 0 Å². The van der Waals surface area contributed by atoms with Gasteiger partial charge in [0.2, 0.25) is 10.0 Å². The molecule has 3 rings (SSSR count). The lowest BCUT2D eigenvalue weighted by molar-refractivity contribution is 0.415. The van der Waals surface area contributed by atoms with Gasteiger partial charge in [-0.05, 0) is 48.5 Å². The summed E-state index contributed by atoms with van der Waals surface area (Å²) in [5, 5.41) is 0. The fourth-order valence-electron chi connectivity index (χ4n) is 2.34. The molecule has 1 heterocycles. The molecule has 27 heavy (non-hydrogen) atoms. The summed E-state index contributed by atoms with van der Waals surface area (Å²) in [6.45, 7) is -0.204. The monoisotopic (exact) mass is 391 g/mol. The van der Waals surface area contributed by atoms with Crippen molar-refractivity contribution in [1.82, 2.24) is 14.7 Å². The van der Waals surface area contributed by atoms with E-state index in [1.54, 1.807) is 37.4 Å². The zero-order valence-electron chi connectivity index (χ0n) is 14.2. The van der Waals surface area contributed by atoms with Gasteiger partial charge in [0.25, 0.3) is 0 Å². The summed E-state index contributed by atoms with van der Waals surface area (Å²) < 4.78 is 58.7. The Balaban J connectivity index is 1.79. The maximum absolute atomic E-state index is 13.7. The quantitative estimate of drug-likeness (QED) is 0.699. The topological polar surface area (TPSA) is 81.2 Å². The Morgan fingerprint density at radius 3 is 2.48 bits per heavy atom. The number of aromatic nitrogens is 2. The summed E-state index contributed by atoms with van der Waals surface area (Å²) in [6.07, 6.45) is 1.30. The number of hydrogen-bond acceptors (Lipinski definition) is 5. The van der Waals surface area contributed by atoms with E-state index < -0.39 is 26.6 Å². The third kappa shape index (κ3) is 4.44. The number of halogens is 2. The van der Waals surface area contributed by atoms with Crippen molar-refractivity contribution in [1.29, 1.82) is 0 Å². The summed E-state index contributed by atoms with van der Waals surface area (Å²) in [5.41, 5.74) is 1.74. The molecule has 0 bridgehead atoms. The molecule has 0 radical (unpaired) electrons. The van der Waals surface area contributed by atoms with Crippen molar-refractivity contribution in [2.45, 2.75) is 11.4 Å². The van der Waals surface area contributed by atoms with Crippen molar-refractivity contribution in [3.05, 3.63) is 72.2 Å². The molecule has 0 unspecified atom stereocenters. The van der Waals surface area contributed by atoms with E-state index >= 15 is 0 Å². The Bertz CT molecular complexity index is 1060. The van der Waals surface area contributed by atoms with Crippen molar-refractivity contribution in [3.63, 3.8) is 0 Å². The molecule has 0 aliphatic carbocycles. The molecule has 2 aromatic carbocycles. The van der Waals surface area contributed by atoms with Crippen molar-refractivity contribution in [2.75, 3.05) is 7.11 Å². The minimum absolute atomic E-state index is 0.204. The molecule has 0 aliphatic heterocycles. The van der Waals surface area contributed by atoms with Gasteiger partial charge in [0, 0.05) is 5.56 Å². The highest BCUT2D eigenvalue weighted by atomic mass is 32.2. The lowest BCUT2D eigenvalue weighted by Crippen LogP contribution is -2.25. The second kappa shape index (κ2) is 7.77. The van der Waals surface area contributed by atoms with Gasteiger partial charge in [-0.25, -0.2) is 31.9 Å². The number of benzene rings is 2. The van der Waals surface area contributed by atoms with Gasteiger partial charge >= 0.3 is 0 Å². The summed E-state index contributed by atoms with van der Waals surface area (Å²) >= 11 is 0. The van der Waals surface area contributed by atoms with Crippen molar-refractivity contribution >= 4 is 10.0 Å². The molecule has 1 N–H and O–H groups in total. The molecule has 3 aromatic rings. The third-order valence-corrected chi connectivity index (χ3v) is 5.15.